The van der Waals surface area contributed by atoms with Crippen molar-refractivity contribution >= 4 is 47.1 Å². The van der Waals surface area contributed by atoms with Crippen molar-refractivity contribution < 1.29 is 19.2 Å². The summed E-state index contributed by atoms with van der Waals surface area (Å²) in [5.41, 5.74) is 1.05. The molecular weight excluding hydrogens is 488 g/mol. The molecule has 2 heterocycles. The smallest absolute Gasteiger partial charge is 0.327 e. The fourth-order valence-corrected chi connectivity index (χ4v) is 5.41. The largest absolute Gasteiger partial charge is 0.356 e. The molecule has 8 nitrogen and oxygen atoms in total. The van der Waals surface area contributed by atoms with E-state index < -0.39 is 17.3 Å². The molecule has 2 unspecified atom stereocenters. The molecule has 2 aliphatic rings. The minimum absolute atomic E-state index is 0.00710. The van der Waals surface area contributed by atoms with E-state index in [2.05, 4.69) is 5.32 Å². The summed E-state index contributed by atoms with van der Waals surface area (Å²) >= 11 is 7.24. The summed E-state index contributed by atoms with van der Waals surface area (Å²) in [6.07, 6.45) is 4.13. The Kier molecular flexibility index (Phi) is 10.0. The summed E-state index contributed by atoms with van der Waals surface area (Å²) < 4.78 is 0. The number of hydrogen-bond acceptors (Lipinski definition) is 5. The Morgan fingerprint density at radius 2 is 1.80 bits per heavy atom. The van der Waals surface area contributed by atoms with Crippen LogP contribution in [0, 0.1) is 0 Å². The van der Waals surface area contributed by atoms with Crippen LogP contribution in [0.25, 0.3) is 0 Å². The molecule has 0 bridgehead atoms. The molecule has 0 spiro atoms. The van der Waals surface area contributed by atoms with E-state index in [4.69, 9.17) is 11.6 Å². The van der Waals surface area contributed by atoms with Crippen molar-refractivity contribution in [3.8, 4) is 0 Å². The Hall–Kier alpha value is -2.52. The fraction of sp³-hybridized carbons (Fsp3) is 0.520. The first-order valence-corrected chi connectivity index (χ1v) is 13.4. The number of carbonyl (C=O) groups excluding carboxylic acids is 4. The molecule has 1 fully saturated rings. The number of thioether (sulfide) groups is 1. The summed E-state index contributed by atoms with van der Waals surface area (Å²) in [4.78, 5) is 56.0. The average molecular weight is 521 g/mol. The maximum atomic E-state index is 13.3. The van der Waals surface area contributed by atoms with Gasteiger partial charge in [0.25, 0.3) is 0 Å². The third-order valence-corrected chi connectivity index (χ3v) is 7.35. The first kappa shape index (κ1) is 27.1. The number of fused-ring (bicyclic) bond motifs is 1. The fourth-order valence-electron chi connectivity index (χ4n) is 4.22. The Morgan fingerprint density at radius 3 is 2.46 bits per heavy atom. The van der Waals surface area contributed by atoms with Crippen molar-refractivity contribution in [3.05, 3.63) is 46.3 Å². The zero-order valence-corrected chi connectivity index (χ0v) is 21.8. The van der Waals surface area contributed by atoms with E-state index in [1.807, 2.05) is 32.1 Å². The van der Waals surface area contributed by atoms with E-state index >= 15 is 0 Å². The summed E-state index contributed by atoms with van der Waals surface area (Å²) in [5, 5.41) is 4.81. The van der Waals surface area contributed by atoms with Gasteiger partial charge in [0, 0.05) is 37.6 Å². The van der Waals surface area contributed by atoms with Crippen molar-refractivity contribution in [2.75, 3.05) is 32.7 Å². The van der Waals surface area contributed by atoms with Gasteiger partial charge in [0.1, 0.15) is 11.8 Å². The van der Waals surface area contributed by atoms with Gasteiger partial charge >= 0.3 is 6.03 Å². The number of rotatable bonds is 12. The van der Waals surface area contributed by atoms with Crippen LogP contribution in [0.15, 0.2) is 35.7 Å². The highest BCUT2D eigenvalue weighted by Gasteiger charge is 2.47. The summed E-state index contributed by atoms with van der Waals surface area (Å²) in [5.74, 6) is -0.675. The van der Waals surface area contributed by atoms with Crippen LogP contribution in [0.4, 0.5) is 4.79 Å². The van der Waals surface area contributed by atoms with Crippen LogP contribution in [0.1, 0.15) is 38.7 Å². The van der Waals surface area contributed by atoms with Crippen molar-refractivity contribution in [1.82, 2.24) is 20.0 Å². The van der Waals surface area contributed by atoms with Crippen molar-refractivity contribution in [2.24, 2.45) is 0 Å². The Balaban J connectivity index is 1.57. The Morgan fingerprint density at radius 1 is 1.11 bits per heavy atom. The molecule has 190 valence electrons. The highest BCUT2D eigenvalue weighted by Crippen LogP contribution is 2.34. The highest BCUT2D eigenvalue weighted by atomic mass is 35.5. The standard InChI is InChI=1S/C25H33ClN4O4S/c1-3-13-28(14-4-2)22(32)17-30-20-11-16-35-23(20)24(33)29(25(30)34)15-10-21(31)27-12-9-18-5-7-19(26)8-6-18/h5-8,11,16,20,23H,3-4,9-10,12-15,17H2,1-2H3,(H,27,31). The minimum Gasteiger partial charge on any atom is -0.356 e. The van der Waals surface area contributed by atoms with Gasteiger partial charge in [-0.15, -0.1) is 11.8 Å². The molecule has 1 N–H and O–H groups in total. The second kappa shape index (κ2) is 13.0. The van der Waals surface area contributed by atoms with E-state index in [0.717, 1.165) is 23.3 Å². The van der Waals surface area contributed by atoms with Gasteiger partial charge in [-0.1, -0.05) is 43.7 Å². The molecule has 0 saturated carbocycles. The maximum absolute atomic E-state index is 13.3. The normalized spacial score (nSPS) is 19.2. The number of imide groups is 1. The molecule has 1 aromatic carbocycles. The van der Waals surface area contributed by atoms with Crippen LogP contribution in [0.5, 0.6) is 0 Å². The molecule has 1 saturated heterocycles. The third-order valence-electron chi connectivity index (χ3n) is 6.01. The molecule has 2 aliphatic heterocycles. The summed E-state index contributed by atoms with van der Waals surface area (Å²) in [7, 11) is 0. The van der Waals surface area contributed by atoms with Gasteiger partial charge in [-0.3, -0.25) is 19.3 Å². The van der Waals surface area contributed by atoms with E-state index in [9.17, 15) is 19.2 Å². The molecule has 1 aromatic rings. The van der Waals surface area contributed by atoms with E-state index in [-0.39, 0.29) is 37.2 Å². The topological polar surface area (TPSA) is 90.0 Å². The number of halogens is 1. The number of amides is 5. The predicted molar refractivity (Wildman–Crippen MR) is 138 cm³/mol. The molecule has 2 atom stereocenters. The number of benzene rings is 1. The lowest BCUT2D eigenvalue weighted by Gasteiger charge is -2.41. The molecule has 0 aliphatic carbocycles. The summed E-state index contributed by atoms with van der Waals surface area (Å²) in [6.45, 7) is 5.62. The Bertz CT molecular complexity index is 949. The first-order valence-electron chi connectivity index (χ1n) is 12.1. The molecule has 35 heavy (non-hydrogen) atoms. The lowest BCUT2D eigenvalue weighted by Crippen LogP contribution is -2.63. The van der Waals surface area contributed by atoms with Crippen LogP contribution in [-0.2, 0) is 20.8 Å². The lowest BCUT2D eigenvalue weighted by atomic mass is 10.1. The van der Waals surface area contributed by atoms with Crippen molar-refractivity contribution in [3.63, 3.8) is 0 Å². The molecule has 10 heteroatoms. The number of urea groups is 1. The van der Waals surface area contributed by atoms with Gasteiger partial charge < -0.3 is 15.1 Å². The zero-order valence-electron chi connectivity index (χ0n) is 20.2. The number of nitrogens with zero attached hydrogens (tertiary/aromatic N) is 3. The van der Waals surface area contributed by atoms with E-state index in [1.54, 1.807) is 22.4 Å². The van der Waals surface area contributed by atoms with Crippen LogP contribution < -0.4 is 5.32 Å². The SMILES string of the molecule is CCCN(CCC)C(=O)CN1C(=O)N(CCC(=O)NCCc2ccc(Cl)cc2)C(=O)C2SC=CC21. The maximum Gasteiger partial charge on any atom is 0.327 e. The van der Waals surface area contributed by atoms with Gasteiger partial charge in [0.2, 0.25) is 17.7 Å². The third kappa shape index (κ3) is 7.01. The van der Waals surface area contributed by atoms with Gasteiger partial charge in [0.05, 0.1) is 6.04 Å². The summed E-state index contributed by atoms with van der Waals surface area (Å²) in [6, 6.07) is 6.45. The lowest BCUT2D eigenvalue weighted by molar-refractivity contribution is -0.137. The number of nitrogens with one attached hydrogen (secondary N) is 1. The van der Waals surface area contributed by atoms with Gasteiger partial charge in [0.15, 0.2) is 0 Å². The molecule has 0 radical (unpaired) electrons. The van der Waals surface area contributed by atoms with Crippen molar-refractivity contribution in [1.29, 1.82) is 0 Å². The highest BCUT2D eigenvalue weighted by molar-refractivity contribution is 8.03. The van der Waals surface area contributed by atoms with Crippen molar-refractivity contribution in [2.45, 2.75) is 50.8 Å². The monoisotopic (exact) mass is 520 g/mol. The molecule has 0 aromatic heterocycles. The number of carbonyl (C=O) groups is 4. The molecule has 3 rings (SSSR count). The predicted octanol–water partition coefficient (Wildman–Crippen LogP) is 3.30. The molecular formula is C25H33ClN4O4S. The quantitative estimate of drug-likeness (QED) is 0.456. The average Bonchev–Trinajstić information content (AvgIpc) is 3.33. The van der Waals surface area contributed by atoms with Gasteiger partial charge in [-0.05, 0) is 42.4 Å². The van der Waals surface area contributed by atoms with Gasteiger partial charge in [-0.25, -0.2) is 4.79 Å². The van der Waals surface area contributed by atoms with E-state index in [1.165, 1.54) is 16.7 Å². The van der Waals surface area contributed by atoms with Gasteiger partial charge in [-0.2, -0.15) is 0 Å². The van der Waals surface area contributed by atoms with Crippen LogP contribution >= 0.6 is 23.4 Å². The number of hydrogen-bond donors (Lipinski definition) is 1. The second-order valence-corrected chi connectivity index (χ2v) is 10.1. The van der Waals surface area contributed by atoms with E-state index in [0.29, 0.717) is 31.1 Å². The zero-order chi connectivity index (χ0) is 25.4. The Labute approximate surface area is 216 Å². The van der Waals surface area contributed by atoms with Crippen LogP contribution in [-0.4, -0.2) is 82.5 Å². The van der Waals surface area contributed by atoms with Crippen LogP contribution in [0.3, 0.4) is 0 Å². The second-order valence-electron chi connectivity index (χ2n) is 8.63. The first-order chi connectivity index (χ1) is 16.8. The molecule has 5 amide bonds. The van der Waals surface area contributed by atoms with Crippen LogP contribution in [0.2, 0.25) is 5.02 Å². The minimum atomic E-state index is -0.515.